The second-order valence-corrected chi connectivity index (χ2v) is 18.0. The van der Waals surface area contributed by atoms with Gasteiger partial charge in [-0.2, -0.15) is 0 Å². The molecule has 3 fully saturated rings. The Balaban J connectivity index is 0.771. The third kappa shape index (κ3) is 8.01. The average Bonchev–Trinajstić information content (AvgIpc) is 4.09. The van der Waals surface area contributed by atoms with Crippen molar-refractivity contribution in [3.8, 4) is 11.1 Å². The first-order valence-corrected chi connectivity index (χ1v) is 22.4. The first-order chi connectivity index (χ1) is 30.5. The van der Waals surface area contributed by atoms with E-state index in [1.807, 2.05) is 58.0 Å². The van der Waals surface area contributed by atoms with E-state index in [0.29, 0.717) is 74.1 Å². The van der Waals surface area contributed by atoms with Gasteiger partial charge in [0.1, 0.15) is 5.82 Å². The van der Waals surface area contributed by atoms with Crippen LogP contribution in [0.2, 0.25) is 0 Å². The van der Waals surface area contributed by atoms with Crippen molar-refractivity contribution < 1.29 is 32.3 Å². The standard InChI is InChI=1S/C46H46F3N9O4S/c47-36-23-31(22-34-35(36)25-58(44(34)62)41(43(61)53-45-50-13-20-63-45)40-37-5-2-14-57(37)27-51-40)29-6-8-32(9-7-29)55-16-18-56(19-17-55)38-12-15-54(26-46(38,48)49)24-28-3-1-4-30(21-28)33-10-11-39(59)52-42(33)60/h1,3-4,6-9,13,20-23,27,33,38,41H,2,5,10-12,14-19,24-26H2,(H,50,53,61)(H,52,59,60). The normalized spacial score (nSPS) is 21.9. The van der Waals surface area contributed by atoms with Gasteiger partial charge in [-0.1, -0.05) is 36.4 Å². The maximum Gasteiger partial charge on any atom is 0.275 e. The smallest absolute Gasteiger partial charge is 0.275 e. The number of imide groups is 1. The molecule has 2 N–H and O–H groups in total. The number of alkyl halides is 2. The molecule has 0 radical (unpaired) electrons. The molecule has 4 amide bonds. The minimum atomic E-state index is -2.92. The van der Waals surface area contributed by atoms with Crippen LogP contribution < -0.4 is 15.5 Å². The number of nitrogens with zero attached hydrogens (tertiary/aromatic N) is 7. The Kier molecular flexibility index (Phi) is 10.9. The number of hydrogen-bond acceptors (Lipinski definition) is 10. The molecule has 7 heterocycles. The molecule has 0 bridgehead atoms. The van der Waals surface area contributed by atoms with Crippen LogP contribution in [0, 0.1) is 5.82 Å². The molecular weight excluding hydrogens is 832 g/mol. The van der Waals surface area contributed by atoms with E-state index >= 15 is 13.2 Å². The number of thiazole rings is 1. The van der Waals surface area contributed by atoms with E-state index < -0.39 is 41.6 Å². The van der Waals surface area contributed by atoms with Gasteiger partial charge >= 0.3 is 0 Å². The summed E-state index contributed by atoms with van der Waals surface area (Å²) in [6.45, 7) is 3.30. The van der Waals surface area contributed by atoms with Gasteiger partial charge in [-0.15, -0.1) is 11.3 Å². The molecular formula is C46H46F3N9O4S. The Morgan fingerprint density at radius 1 is 0.937 bits per heavy atom. The number of aryl methyl sites for hydroxylation is 1. The number of benzene rings is 3. The van der Waals surface area contributed by atoms with Crippen LogP contribution in [0.1, 0.15) is 76.1 Å². The van der Waals surface area contributed by atoms with Gasteiger partial charge in [-0.05, 0) is 72.2 Å². The predicted molar refractivity (Wildman–Crippen MR) is 230 cm³/mol. The molecule has 0 aliphatic carbocycles. The molecule has 5 aliphatic heterocycles. The van der Waals surface area contributed by atoms with Gasteiger partial charge in [-0.3, -0.25) is 39.6 Å². The molecule has 5 aliphatic rings. The fraction of sp³-hybridized carbons (Fsp3) is 0.391. The first-order valence-electron chi connectivity index (χ1n) is 21.5. The van der Waals surface area contributed by atoms with E-state index in [9.17, 15) is 19.2 Å². The van der Waals surface area contributed by atoms with Crippen molar-refractivity contribution in [1.29, 1.82) is 0 Å². The van der Waals surface area contributed by atoms with Gasteiger partial charge in [0.2, 0.25) is 11.8 Å². The highest BCUT2D eigenvalue weighted by Crippen LogP contribution is 2.39. The molecule has 5 aromatic rings. The second kappa shape index (κ2) is 16.7. The van der Waals surface area contributed by atoms with Crippen molar-refractivity contribution in [2.45, 2.75) is 75.7 Å². The lowest BCUT2D eigenvalue weighted by atomic mass is 9.89. The molecule has 3 unspecified atom stereocenters. The van der Waals surface area contributed by atoms with E-state index in [-0.39, 0.29) is 42.5 Å². The van der Waals surface area contributed by atoms with Gasteiger partial charge in [0, 0.05) is 86.3 Å². The van der Waals surface area contributed by atoms with Crippen LogP contribution in [0.25, 0.3) is 11.1 Å². The highest BCUT2D eigenvalue weighted by atomic mass is 32.1. The number of carbonyl (C=O) groups is 4. The van der Waals surface area contributed by atoms with Crippen LogP contribution in [0.4, 0.5) is 24.0 Å². The number of nitrogens with one attached hydrogen (secondary N) is 2. The number of halogens is 3. The predicted octanol–water partition coefficient (Wildman–Crippen LogP) is 5.98. The Morgan fingerprint density at radius 3 is 2.52 bits per heavy atom. The monoisotopic (exact) mass is 877 g/mol. The number of amides is 4. The van der Waals surface area contributed by atoms with Crippen LogP contribution in [-0.4, -0.2) is 104 Å². The van der Waals surface area contributed by atoms with E-state index in [2.05, 4.69) is 25.5 Å². The maximum atomic E-state index is 16.0. The van der Waals surface area contributed by atoms with Crippen molar-refractivity contribution in [1.82, 2.24) is 34.6 Å². The number of hydrogen-bond donors (Lipinski definition) is 2. The lowest BCUT2D eigenvalue weighted by Crippen LogP contribution is -2.61. The fourth-order valence-corrected chi connectivity index (χ4v) is 10.6. The van der Waals surface area contributed by atoms with Gasteiger partial charge in [-0.25, -0.2) is 23.1 Å². The first kappa shape index (κ1) is 41.1. The summed E-state index contributed by atoms with van der Waals surface area (Å²) in [6.07, 6.45) is 5.95. The highest BCUT2D eigenvalue weighted by Gasteiger charge is 2.48. The van der Waals surface area contributed by atoms with E-state index in [0.717, 1.165) is 41.9 Å². The fourth-order valence-electron chi connectivity index (χ4n) is 10.1. The van der Waals surface area contributed by atoms with E-state index in [1.165, 1.54) is 22.3 Å². The zero-order chi connectivity index (χ0) is 43.4. The number of rotatable bonds is 10. The molecule has 0 spiro atoms. The number of imidazole rings is 1. The summed E-state index contributed by atoms with van der Waals surface area (Å²) in [5, 5.41) is 7.36. The van der Waals surface area contributed by atoms with Crippen LogP contribution in [0.5, 0.6) is 0 Å². The van der Waals surface area contributed by atoms with Gasteiger partial charge in [0.05, 0.1) is 37.1 Å². The Labute approximate surface area is 365 Å². The second-order valence-electron chi connectivity index (χ2n) is 17.1. The van der Waals surface area contributed by atoms with Crippen molar-refractivity contribution in [2.75, 3.05) is 49.5 Å². The zero-order valence-corrected chi connectivity index (χ0v) is 35.3. The minimum absolute atomic E-state index is 0.0822. The summed E-state index contributed by atoms with van der Waals surface area (Å²) in [7, 11) is 0. The number of piperidine rings is 2. The molecule has 3 atom stereocenters. The molecule has 10 rings (SSSR count). The number of piperazine rings is 1. The summed E-state index contributed by atoms with van der Waals surface area (Å²) in [6, 6.07) is 16.3. The lowest BCUT2D eigenvalue weighted by Gasteiger charge is -2.46. The summed E-state index contributed by atoms with van der Waals surface area (Å²) < 4.78 is 49.6. The van der Waals surface area contributed by atoms with E-state index in [4.69, 9.17) is 0 Å². The van der Waals surface area contributed by atoms with Gasteiger partial charge < -0.3 is 14.4 Å². The number of carbonyl (C=O) groups excluding carboxylic acids is 4. The van der Waals surface area contributed by atoms with Gasteiger partial charge in [0.25, 0.3) is 17.7 Å². The van der Waals surface area contributed by atoms with Crippen molar-refractivity contribution in [3.05, 3.63) is 118 Å². The molecule has 326 valence electrons. The van der Waals surface area contributed by atoms with Crippen molar-refractivity contribution in [3.63, 3.8) is 0 Å². The summed E-state index contributed by atoms with van der Waals surface area (Å²) in [5.74, 6) is -5.37. The molecule has 2 aromatic heterocycles. The zero-order valence-electron chi connectivity index (χ0n) is 34.4. The Hall–Kier alpha value is -5.91. The van der Waals surface area contributed by atoms with Crippen LogP contribution in [0.15, 0.2) is 78.6 Å². The number of likely N-dealkylation sites (tertiary alicyclic amines) is 1. The SMILES string of the molecule is O=C1CCC(c2cccc(CN3CCC(N4CCN(c5ccc(-c6cc(F)c7c(c6)C(=O)N(C(C(=O)Nc6nccs6)c6ncn8c6CCC8)C7)cc5)CC4)C(F)(F)C3)c2)C(=O)N1. The molecule has 3 saturated heterocycles. The van der Waals surface area contributed by atoms with Crippen LogP contribution in [0.3, 0.4) is 0 Å². The van der Waals surface area contributed by atoms with E-state index in [1.54, 1.807) is 28.9 Å². The van der Waals surface area contributed by atoms with Crippen LogP contribution in [-0.2, 0) is 40.4 Å². The molecule has 0 saturated carbocycles. The molecule has 63 heavy (non-hydrogen) atoms. The Bertz CT molecular complexity index is 2580. The summed E-state index contributed by atoms with van der Waals surface area (Å²) in [4.78, 5) is 68.0. The molecule has 13 nitrogen and oxygen atoms in total. The maximum absolute atomic E-state index is 16.0. The number of fused-ring (bicyclic) bond motifs is 2. The minimum Gasteiger partial charge on any atom is -0.369 e. The third-order valence-electron chi connectivity index (χ3n) is 13.2. The topological polar surface area (TPSA) is 136 Å². The summed E-state index contributed by atoms with van der Waals surface area (Å²) in [5.41, 5.74) is 5.63. The lowest BCUT2D eigenvalue weighted by molar-refractivity contribution is -0.134. The Morgan fingerprint density at radius 2 is 1.76 bits per heavy atom. The summed E-state index contributed by atoms with van der Waals surface area (Å²) >= 11 is 1.26. The molecule has 17 heteroatoms. The van der Waals surface area contributed by atoms with Crippen LogP contribution >= 0.6 is 11.3 Å². The number of aromatic nitrogens is 3. The average molecular weight is 878 g/mol. The van der Waals surface area contributed by atoms with Gasteiger partial charge in [0.15, 0.2) is 11.2 Å². The highest BCUT2D eigenvalue weighted by molar-refractivity contribution is 7.13. The number of anilines is 2. The van der Waals surface area contributed by atoms with Crippen molar-refractivity contribution >= 4 is 45.8 Å². The van der Waals surface area contributed by atoms with Crippen molar-refractivity contribution in [2.24, 2.45) is 0 Å². The largest absolute Gasteiger partial charge is 0.369 e. The molecule has 3 aromatic carbocycles. The third-order valence-corrected chi connectivity index (χ3v) is 13.9. The quantitative estimate of drug-likeness (QED) is 0.163.